The first-order valence-corrected chi connectivity index (χ1v) is 10.3. The third kappa shape index (κ3) is 3.81. The highest BCUT2D eigenvalue weighted by atomic mass is 79.9. The number of nitrogens with one attached hydrogen (secondary N) is 2. The quantitative estimate of drug-likeness (QED) is 0.511. The van der Waals surface area contributed by atoms with Gasteiger partial charge in [-0.3, -0.25) is 15.1 Å². The van der Waals surface area contributed by atoms with Crippen molar-refractivity contribution >= 4 is 51.0 Å². The number of rotatable bonds is 2. The van der Waals surface area contributed by atoms with Crippen LogP contribution in [-0.2, 0) is 0 Å². The third-order valence-corrected chi connectivity index (χ3v) is 6.08. The number of hydrazine groups is 1. The van der Waals surface area contributed by atoms with Crippen LogP contribution < -0.4 is 20.5 Å². The van der Waals surface area contributed by atoms with Gasteiger partial charge in [-0.1, -0.05) is 36.0 Å². The van der Waals surface area contributed by atoms with E-state index >= 15 is 0 Å². The summed E-state index contributed by atoms with van der Waals surface area (Å²) in [5, 5.41) is 0. The molecule has 0 bridgehead atoms. The largest absolute Gasteiger partial charge is 0.496 e. The molecule has 1 aliphatic heterocycles. The van der Waals surface area contributed by atoms with Gasteiger partial charge in [0.25, 0.3) is 5.91 Å². The Morgan fingerprint density at radius 3 is 2.14 bits per heavy atom. The summed E-state index contributed by atoms with van der Waals surface area (Å²) in [7, 11) is 1.55. The molecular formula is C21H16BrN3O3S. The van der Waals surface area contributed by atoms with Gasteiger partial charge in [0.2, 0.25) is 0 Å². The smallest absolute Gasteiger partial charge is 0.345 e. The molecular weight excluding hydrogens is 454 g/mol. The number of hydrogen-bond acceptors (Lipinski definition) is 4. The number of amides is 3. The molecule has 0 spiro atoms. The maximum Gasteiger partial charge on any atom is 0.345 e. The lowest BCUT2D eigenvalue weighted by molar-refractivity contribution is 0.0937. The highest BCUT2D eigenvalue weighted by molar-refractivity contribution is 9.10. The summed E-state index contributed by atoms with van der Waals surface area (Å²) in [5.41, 5.74) is 6.89. The lowest BCUT2D eigenvalue weighted by atomic mass is 10.2. The molecule has 0 aromatic heterocycles. The van der Waals surface area contributed by atoms with Crippen LogP contribution >= 0.6 is 27.7 Å². The van der Waals surface area contributed by atoms with E-state index in [1.54, 1.807) is 42.0 Å². The van der Waals surface area contributed by atoms with Crippen molar-refractivity contribution in [3.63, 3.8) is 0 Å². The van der Waals surface area contributed by atoms with Crippen molar-refractivity contribution in [2.75, 3.05) is 12.0 Å². The minimum Gasteiger partial charge on any atom is -0.496 e. The third-order valence-electron chi connectivity index (χ3n) is 4.33. The molecule has 0 saturated heterocycles. The predicted octanol–water partition coefficient (Wildman–Crippen LogP) is 5.12. The number of anilines is 2. The monoisotopic (exact) mass is 469 g/mol. The number of hydrogen-bond donors (Lipinski definition) is 2. The van der Waals surface area contributed by atoms with Crippen LogP contribution in [0.2, 0.25) is 0 Å². The number of fused-ring (bicyclic) bond motifs is 2. The van der Waals surface area contributed by atoms with Crippen molar-refractivity contribution in [2.45, 2.75) is 9.79 Å². The van der Waals surface area contributed by atoms with E-state index in [1.165, 1.54) is 0 Å². The molecule has 4 rings (SSSR count). The van der Waals surface area contributed by atoms with Gasteiger partial charge in [0, 0.05) is 15.4 Å². The Morgan fingerprint density at radius 1 is 0.931 bits per heavy atom. The van der Waals surface area contributed by atoms with Gasteiger partial charge in [-0.25, -0.2) is 10.2 Å². The van der Waals surface area contributed by atoms with Crippen LogP contribution in [-0.4, -0.2) is 19.0 Å². The molecule has 3 aromatic rings. The molecule has 8 heteroatoms. The zero-order valence-electron chi connectivity index (χ0n) is 15.3. The molecule has 3 aromatic carbocycles. The SMILES string of the molecule is COc1ccc(C(=O)NNC(=O)N2c3ccccc3Sc3ccccc32)cc1Br. The van der Waals surface area contributed by atoms with Gasteiger partial charge in [-0.05, 0) is 58.4 Å². The first-order chi connectivity index (χ1) is 14.1. The number of para-hydroxylation sites is 2. The van der Waals surface area contributed by atoms with Gasteiger partial charge in [-0.2, -0.15) is 0 Å². The Bertz CT molecular complexity index is 1060. The van der Waals surface area contributed by atoms with Crippen LogP contribution in [0.25, 0.3) is 0 Å². The van der Waals surface area contributed by atoms with Gasteiger partial charge in [-0.15, -0.1) is 0 Å². The number of methoxy groups -OCH3 is 1. The fourth-order valence-corrected chi connectivity index (χ4v) is 4.57. The van der Waals surface area contributed by atoms with Crippen LogP contribution in [0.1, 0.15) is 10.4 Å². The minimum absolute atomic E-state index is 0.382. The van der Waals surface area contributed by atoms with Crippen molar-refractivity contribution in [3.05, 3.63) is 76.8 Å². The molecule has 146 valence electrons. The number of ether oxygens (including phenoxy) is 1. The molecule has 2 N–H and O–H groups in total. The van der Waals surface area contributed by atoms with Gasteiger partial charge in [0.15, 0.2) is 0 Å². The van der Waals surface area contributed by atoms with E-state index < -0.39 is 11.9 Å². The van der Waals surface area contributed by atoms with Crippen molar-refractivity contribution < 1.29 is 14.3 Å². The standard InChI is InChI=1S/C21H16BrN3O3S/c1-28-17-11-10-13(12-14(17)22)20(26)23-24-21(27)25-15-6-2-4-8-18(15)29-19-9-5-3-7-16(19)25/h2-12H,1H3,(H,23,26)(H,24,27). The maximum atomic E-state index is 13.0. The highest BCUT2D eigenvalue weighted by Crippen LogP contribution is 2.47. The number of carbonyl (C=O) groups excluding carboxylic acids is 2. The second-order valence-electron chi connectivity index (χ2n) is 6.11. The molecule has 0 atom stereocenters. The van der Waals surface area contributed by atoms with E-state index in [2.05, 4.69) is 26.8 Å². The minimum atomic E-state index is -0.453. The number of benzene rings is 3. The second-order valence-corrected chi connectivity index (χ2v) is 8.04. The molecule has 0 fully saturated rings. The Balaban J connectivity index is 1.55. The van der Waals surface area contributed by atoms with Crippen molar-refractivity contribution in [3.8, 4) is 5.75 Å². The maximum absolute atomic E-state index is 13.0. The summed E-state index contributed by atoms with van der Waals surface area (Å²) < 4.78 is 5.81. The van der Waals surface area contributed by atoms with Gasteiger partial charge in [0.1, 0.15) is 5.75 Å². The van der Waals surface area contributed by atoms with Gasteiger partial charge < -0.3 is 4.74 Å². The van der Waals surface area contributed by atoms with Crippen molar-refractivity contribution in [1.82, 2.24) is 10.9 Å². The molecule has 0 aliphatic carbocycles. The Morgan fingerprint density at radius 2 is 1.55 bits per heavy atom. The first-order valence-electron chi connectivity index (χ1n) is 8.68. The van der Waals surface area contributed by atoms with Crippen LogP contribution in [0.3, 0.4) is 0 Å². The summed E-state index contributed by atoms with van der Waals surface area (Å²) >= 11 is 4.96. The Kier molecular flexibility index (Phi) is 5.46. The fraction of sp³-hybridized carbons (Fsp3) is 0.0476. The Hall–Kier alpha value is -2.97. The number of carbonyl (C=O) groups is 2. The number of nitrogens with zero attached hydrogens (tertiary/aromatic N) is 1. The zero-order chi connectivity index (χ0) is 20.4. The fourth-order valence-electron chi connectivity index (χ4n) is 2.97. The molecule has 29 heavy (non-hydrogen) atoms. The molecule has 0 radical (unpaired) electrons. The van der Waals surface area contributed by atoms with E-state index in [0.29, 0.717) is 15.8 Å². The van der Waals surface area contributed by atoms with Crippen LogP contribution in [0, 0.1) is 0 Å². The zero-order valence-corrected chi connectivity index (χ0v) is 17.7. The molecule has 1 heterocycles. The van der Waals surface area contributed by atoms with E-state index in [1.807, 2.05) is 48.5 Å². The molecule has 0 saturated carbocycles. The predicted molar refractivity (Wildman–Crippen MR) is 116 cm³/mol. The van der Waals surface area contributed by atoms with Gasteiger partial charge >= 0.3 is 6.03 Å². The molecule has 0 unspecified atom stereocenters. The van der Waals surface area contributed by atoms with E-state index in [-0.39, 0.29) is 0 Å². The lowest BCUT2D eigenvalue weighted by Crippen LogP contribution is -2.48. The molecule has 1 aliphatic rings. The average Bonchev–Trinajstić information content (AvgIpc) is 2.75. The van der Waals surface area contributed by atoms with E-state index in [9.17, 15) is 9.59 Å². The first kappa shape index (κ1) is 19.4. The summed E-state index contributed by atoms with van der Waals surface area (Å²) in [6, 6.07) is 19.8. The summed E-state index contributed by atoms with van der Waals surface area (Å²) in [5.74, 6) is 0.180. The highest BCUT2D eigenvalue weighted by Gasteiger charge is 2.28. The number of halogens is 1. The van der Waals surface area contributed by atoms with E-state index in [0.717, 1.165) is 21.2 Å². The second kappa shape index (κ2) is 8.18. The topological polar surface area (TPSA) is 70.7 Å². The van der Waals surface area contributed by atoms with Crippen LogP contribution in [0.15, 0.2) is 81.0 Å². The Labute approximate surface area is 180 Å². The van der Waals surface area contributed by atoms with Gasteiger partial charge in [0.05, 0.1) is 23.0 Å². The van der Waals surface area contributed by atoms with Crippen LogP contribution in [0.4, 0.5) is 16.2 Å². The molecule has 6 nitrogen and oxygen atoms in total. The summed E-state index contributed by atoms with van der Waals surface area (Å²) in [6.45, 7) is 0. The van der Waals surface area contributed by atoms with Crippen molar-refractivity contribution in [1.29, 1.82) is 0 Å². The lowest BCUT2D eigenvalue weighted by Gasteiger charge is -2.30. The number of urea groups is 1. The normalized spacial score (nSPS) is 11.9. The van der Waals surface area contributed by atoms with Crippen molar-refractivity contribution in [2.24, 2.45) is 0 Å². The van der Waals surface area contributed by atoms with E-state index in [4.69, 9.17) is 4.74 Å². The van der Waals surface area contributed by atoms with Crippen LogP contribution in [0.5, 0.6) is 5.75 Å². The molecule has 3 amide bonds. The summed E-state index contributed by atoms with van der Waals surface area (Å²) in [6.07, 6.45) is 0. The summed E-state index contributed by atoms with van der Waals surface area (Å²) in [4.78, 5) is 28.9. The average molecular weight is 470 g/mol.